The van der Waals surface area contributed by atoms with Crippen LogP contribution in [0.4, 0.5) is 0 Å². The Balaban J connectivity index is 1.93. The number of carboxylic acid groups (broad SMARTS) is 1. The highest BCUT2D eigenvalue weighted by Crippen LogP contribution is 2.33. The predicted octanol–water partition coefficient (Wildman–Crippen LogP) is 1.02. The lowest BCUT2D eigenvalue weighted by atomic mass is 10.00. The van der Waals surface area contributed by atoms with E-state index in [0.717, 1.165) is 5.56 Å². The second-order valence-electron chi connectivity index (χ2n) is 6.21. The Morgan fingerprint density at radius 1 is 1.14 bits per heavy atom. The largest absolute Gasteiger partial charge is 0.548 e. The highest BCUT2D eigenvalue weighted by molar-refractivity contribution is 5.95. The van der Waals surface area contributed by atoms with Crippen molar-refractivity contribution >= 4 is 22.8 Å². The molecule has 0 unspecified atom stereocenters. The lowest BCUT2D eigenvalue weighted by Gasteiger charge is -2.13. The van der Waals surface area contributed by atoms with Crippen LogP contribution in [0.25, 0.3) is 22.1 Å². The molecule has 150 valence electrons. The molecular formula is C21H18NO7-. The van der Waals surface area contributed by atoms with Crippen molar-refractivity contribution in [2.24, 2.45) is 0 Å². The number of carbonyl (C=O) groups is 2. The third-order valence-corrected chi connectivity index (χ3v) is 4.30. The molecule has 1 aromatic heterocycles. The lowest BCUT2D eigenvalue weighted by Crippen LogP contribution is -2.39. The van der Waals surface area contributed by atoms with E-state index in [2.05, 4.69) is 5.32 Å². The van der Waals surface area contributed by atoms with Crippen molar-refractivity contribution in [3.05, 3.63) is 58.4 Å². The van der Waals surface area contributed by atoms with Gasteiger partial charge in [-0.05, 0) is 42.3 Å². The molecule has 0 radical (unpaired) electrons. The number of fused-ring (bicyclic) bond motifs is 1. The first-order valence-corrected chi connectivity index (χ1v) is 8.70. The first-order valence-electron chi connectivity index (χ1n) is 8.70. The Kier molecular flexibility index (Phi) is 5.82. The number of aliphatic carboxylic acids is 1. The van der Waals surface area contributed by atoms with E-state index in [0.29, 0.717) is 33.6 Å². The number of methoxy groups -OCH3 is 1. The van der Waals surface area contributed by atoms with E-state index in [4.69, 9.17) is 13.9 Å². The SMILES string of the molecule is COc1ccc(-c2cc(=O)oc3c(C)c(OCC(=O)NCC(=O)[O-])ccc23)cc1. The Morgan fingerprint density at radius 3 is 2.52 bits per heavy atom. The van der Waals surface area contributed by atoms with Crippen molar-refractivity contribution in [3.63, 3.8) is 0 Å². The molecule has 0 spiro atoms. The fraction of sp³-hybridized carbons (Fsp3) is 0.190. The summed E-state index contributed by atoms with van der Waals surface area (Å²) in [4.78, 5) is 34.1. The van der Waals surface area contributed by atoms with Crippen LogP contribution in [0.15, 0.2) is 51.7 Å². The van der Waals surface area contributed by atoms with E-state index in [9.17, 15) is 19.5 Å². The minimum atomic E-state index is -1.40. The lowest BCUT2D eigenvalue weighted by molar-refractivity contribution is -0.304. The van der Waals surface area contributed by atoms with Gasteiger partial charge in [-0.3, -0.25) is 4.79 Å². The zero-order valence-electron chi connectivity index (χ0n) is 15.8. The second kappa shape index (κ2) is 8.47. The van der Waals surface area contributed by atoms with Crippen molar-refractivity contribution in [1.29, 1.82) is 0 Å². The summed E-state index contributed by atoms with van der Waals surface area (Å²) in [6.07, 6.45) is 0. The Morgan fingerprint density at radius 2 is 1.86 bits per heavy atom. The summed E-state index contributed by atoms with van der Waals surface area (Å²) in [6.45, 7) is 0.721. The van der Waals surface area contributed by atoms with E-state index in [1.807, 2.05) is 12.1 Å². The Labute approximate surface area is 165 Å². The summed E-state index contributed by atoms with van der Waals surface area (Å²) in [5, 5.41) is 13.2. The molecule has 0 saturated carbocycles. The van der Waals surface area contributed by atoms with Crippen LogP contribution in [0, 0.1) is 6.92 Å². The number of carbonyl (C=O) groups excluding carboxylic acids is 2. The third kappa shape index (κ3) is 4.55. The molecule has 0 aliphatic rings. The van der Waals surface area contributed by atoms with E-state index in [1.54, 1.807) is 38.3 Å². The number of rotatable bonds is 7. The molecule has 0 aliphatic heterocycles. The predicted molar refractivity (Wildman–Crippen MR) is 103 cm³/mol. The molecule has 1 heterocycles. The molecule has 0 atom stereocenters. The minimum absolute atomic E-state index is 0.343. The molecule has 1 amide bonds. The summed E-state index contributed by atoms with van der Waals surface area (Å²) in [7, 11) is 1.57. The molecule has 3 aromatic rings. The van der Waals surface area contributed by atoms with Gasteiger partial charge >= 0.3 is 5.63 Å². The maximum atomic E-state index is 12.1. The van der Waals surface area contributed by atoms with Crippen LogP contribution in [0.2, 0.25) is 0 Å². The molecule has 8 heteroatoms. The molecule has 1 N–H and O–H groups in total. The van der Waals surface area contributed by atoms with Crippen LogP contribution in [-0.4, -0.2) is 32.1 Å². The second-order valence-corrected chi connectivity index (χ2v) is 6.21. The number of benzene rings is 2. The van der Waals surface area contributed by atoms with Crippen LogP contribution >= 0.6 is 0 Å². The molecule has 0 bridgehead atoms. The summed E-state index contributed by atoms with van der Waals surface area (Å²) in [5.41, 5.74) is 1.88. The number of hydrogen-bond acceptors (Lipinski definition) is 7. The van der Waals surface area contributed by atoms with E-state index < -0.39 is 24.0 Å². The first-order chi connectivity index (χ1) is 13.9. The van der Waals surface area contributed by atoms with Gasteiger partial charge < -0.3 is 29.1 Å². The van der Waals surface area contributed by atoms with Crippen molar-refractivity contribution < 1.29 is 28.6 Å². The van der Waals surface area contributed by atoms with E-state index in [1.165, 1.54) is 6.07 Å². The summed E-state index contributed by atoms with van der Waals surface area (Å²) in [6, 6.07) is 12.1. The van der Waals surface area contributed by atoms with Gasteiger partial charge in [0.25, 0.3) is 5.91 Å². The van der Waals surface area contributed by atoms with Crippen LogP contribution in [-0.2, 0) is 9.59 Å². The van der Waals surface area contributed by atoms with Crippen LogP contribution in [0.3, 0.4) is 0 Å². The van der Waals surface area contributed by atoms with Gasteiger partial charge in [0, 0.05) is 17.0 Å². The molecule has 3 rings (SSSR count). The summed E-state index contributed by atoms with van der Waals surface area (Å²) < 4.78 is 16.0. The van der Waals surface area contributed by atoms with Crippen LogP contribution < -0.4 is 25.5 Å². The normalized spacial score (nSPS) is 10.6. The number of nitrogens with one attached hydrogen (secondary N) is 1. The molecular weight excluding hydrogens is 378 g/mol. The maximum Gasteiger partial charge on any atom is 0.336 e. The minimum Gasteiger partial charge on any atom is -0.548 e. The molecule has 0 fully saturated rings. The van der Waals surface area contributed by atoms with Crippen molar-refractivity contribution in [2.75, 3.05) is 20.3 Å². The highest BCUT2D eigenvalue weighted by Gasteiger charge is 2.14. The van der Waals surface area contributed by atoms with Gasteiger partial charge in [-0.2, -0.15) is 0 Å². The van der Waals surface area contributed by atoms with Gasteiger partial charge in [-0.25, -0.2) is 4.79 Å². The van der Waals surface area contributed by atoms with Gasteiger partial charge in [-0.15, -0.1) is 0 Å². The maximum absolute atomic E-state index is 12.1. The van der Waals surface area contributed by atoms with Gasteiger partial charge in [-0.1, -0.05) is 12.1 Å². The number of ether oxygens (including phenoxy) is 2. The number of hydrogen-bond donors (Lipinski definition) is 1. The number of aryl methyl sites for hydroxylation is 1. The monoisotopic (exact) mass is 396 g/mol. The zero-order valence-corrected chi connectivity index (χ0v) is 15.8. The molecule has 8 nitrogen and oxygen atoms in total. The Bertz CT molecular complexity index is 1120. The van der Waals surface area contributed by atoms with E-state index in [-0.39, 0.29) is 6.61 Å². The van der Waals surface area contributed by atoms with Gasteiger partial charge in [0.15, 0.2) is 6.61 Å². The van der Waals surface area contributed by atoms with Crippen molar-refractivity contribution in [3.8, 4) is 22.6 Å². The van der Waals surface area contributed by atoms with Crippen LogP contribution in [0.5, 0.6) is 11.5 Å². The van der Waals surface area contributed by atoms with Crippen LogP contribution in [0.1, 0.15) is 5.56 Å². The standard InChI is InChI=1S/C21H19NO7/c1-12-17(28-11-18(23)22-10-19(24)25)8-7-15-16(9-20(26)29-21(12)15)13-3-5-14(27-2)6-4-13/h3-9H,10-11H2,1-2H3,(H,22,23)(H,24,25)/p-1. The number of amides is 1. The Hall–Kier alpha value is -3.81. The molecule has 2 aromatic carbocycles. The topological polar surface area (TPSA) is 118 Å². The van der Waals surface area contributed by atoms with Gasteiger partial charge in [0.05, 0.1) is 19.6 Å². The highest BCUT2D eigenvalue weighted by atomic mass is 16.5. The van der Waals surface area contributed by atoms with Gasteiger partial charge in [0.1, 0.15) is 17.1 Å². The summed E-state index contributed by atoms with van der Waals surface area (Å²) >= 11 is 0. The smallest absolute Gasteiger partial charge is 0.336 e. The van der Waals surface area contributed by atoms with Gasteiger partial charge in [0.2, 0.25) is 0 Å². The quantitative estimate of drug-likeness (QED) is 0.593. The number of carboxylic acids is 1. The molecule has 0 aliphatic carbocycles. The third-order valence-electron chi connectivity index (χ3n) is 4.30. The average Bonchev–Trinajstić information content (AvgIpc) is 2.71. The molecule has 29 heavy (non-hydrogen) atoms. The fourth-order valence-electron chi connectivity index (χ4n) is 2.87. The van der Waals surface area contributed by atoms with E-state index >= 15 is 0 Å². The summed E-state index contributed by atoms with van der Waals surface area (Å²) in [5.74, 6) is -0.962. The van der Waals surface area contributed by atoms with Crippen molar-refractivity contribution in [2.45, 2.75) is 6.92 Å². The van der Waals surface area contributed by atoms with Crippen molar-refractivity contribution in [1.82, 2.24) is 5.32 Å². The zero-order chi connectivity index (χ0) is 21.0. The fourth-order valence-corrected chi connectivity index (χ4v) is 2.87. The average molecular weight is 396 g/mol. The molecule has 0 saturated heterocycles. The first kappa shape index (κ1) is 19.9.